The molecule has 0 unspecified atom stereocenters. The Morgan fingerprint density at radius 3 is 2.12 bits per heavy atom. The Morgan fingerprint density at radius 1 is 1.12 bits per heavy atom. The lowest BCUT2D eigenvalue weighted by atomic mass is 9.79. The lowest BCUT2D eigenvalue weighted by Gasteiger charge is -2.37. The van der Waals surface area contributed by atoms with Crippen LogP contribution in [0.25, 0.3) is 0 Å². The van der Waals surface area contributed by atoms with Gasteiger partial charge in [-0.3, -0.25) is 0 Å². The van der Waals surface area contributed by atoms with Crippen LogP contribution in [0.15, 0.2) is 0 Å². The molecule has 94 valence electrons. The van der Waals surface area contributed by atoms with E-state index in [9.17, 15) is 8.78 Å². The van der Waals surface area contributed by atoms with Crippen LogP contribution < -0.4 is 0 Å². The van der Waals surface area contributed by atoms with E-state index in [4.69, 9.17) is 20.9 Å². The molecule has 0 spiro atoms. The summed E-state index contributed by atoms with van der Waals surface area (Å²) >= 11 is 5.13. The molecule has 1 saturated heterocycles. The highest BCUT2D eigenvalue weighted by atomic mass is 32.5. The van der Waals surface area contributed by atoms with Crippen molar-refractivity contribution in [3.63, 3.8) is 0 Å². The first-order chi connectivity index (χ1) is 7.38. The van der Waals surface area contributed by atoms with Crippen molar-refractivity contribution in [3.05, 3.63) is 0 Å². The van der Waals surface area contributed by atoms with Gasteiger partial charge >= 0.3 is 0 Å². The Balaban J connectivity index is 1.85. The van der Waals surface area contributed by atoms with E-state index in [1.807, 2.05) is 6.66 Å². The van der Waals surface area contributed by atoms with E-state index in [-0.39, 0.29) is 18.8 Å². The molecule has 0 N–H and O–H groups in total. The fourth-order valence-electron chi connectivity index (χ4n) is 2.35. The van der Waals surface area contributed by atoms with Crippen LogP contribution in [0.1, 0.15) is 25.7 Å². The number of rotatable bonds is 1. The van der Waals surface area contributed by atoms with Gasteiger partial charge in [0.1, 0.15) is 0 Å². The minimum atomic E-state index is -2.45. The highest BCUT2D eigenvalue weighted by molar-refractivity contribution is 8.09. The van der Waals surface area contributed by atoms with Crippen LogP contribution in [-0.4, -0.2) is 25.8 Å². The molecule has 16 heavy (non-hydrogen) atoms. The summed E-state index contributed by atoms with van der Waals surface area (Å²) in [7, 11) is 0. The van der Waals surface area contributed by atoms with Crippen LogP contribution in [-0.2, 0) is 20.9 Å². The summed E-state index contributed by atoms with van der Waals surface area (Å²) in [5.74, 6) is -1.88. The molecule has 0 atom stereocenters. The molecule has 1 saturated carbocycles. The van der Waals surface area contributed by atoms with E-state index < -0.39 is 12.4 Å². The molecule has 1 heterocycles. The first-order valence-corrected chi connectivity index (χ1v) is 8.71. The summed E-state index contributed by atoms with van der Waals surface area (Å²) in [6.07, 6.45) is 1.18. The molecular weight excluding hydrogens is 253 g/mol. The number of alkyl halides is 2. The van der Waals surface area contributed by atoms with Gasteiger partial charge in [-0.15, -0.1) is 0 Å². The van der Waals surface area contributed by atoms with E-state index in [1.54, 1.807) is 0 Å². The van der Waals surface area contributed by atoms with Gasteiger partial charge in [0.25, 0.3) is 0 Å². The normalized spacial score (nSPS) is 40.8. The summed E-state index contributed by atoms with van der Waals surface area (Å²) in [6, 6.07) is 0. The zero-order valence-electron chi connectivity index (χ0n) is 9.33. The second-order valence-corrected chi connectivity index (χ2v) is 8.87. The maximum Gasteiger partial charge on any atom is 0.248 e. The monoisotopic (exact) mass is 270 g/mol. The van der Waals surface area contributed by atoms with Crippen molar-refractivity contribution < 1.29 is 17.8 Å². The predicted octanol–water partition coefficient (Wildman–Crippen LogP) is 3.41. The topological polar surface area (TPSA) is 18.5 Å². The molecule has 6 heteroatoms. The largest absolute Gasteiger partial charge is 0.329 e. The lowest BCUT2D eigenvalue weighted by molar-refractivity contribution is -0.0605. The quantitative estimate of drug-likeness (QED) is 0.680. The Kier molecular flexibility index (Phi) is 3.70. The van der Waals surface area contributed by atoms with Crippen LogP contribution in [0.2, 0.25) is 0 Å². The SMILES string of the molecule is CP1(=S)OCC(C2CCC(F)(F)CC2)CO1. The average Bonchev–Trinajstić information content (AvgIpc) is 2.19. The Hall–Kier alpha value is 0.430. The number of hydrogen-bond acceptors (Lipinski definition) is 3. The maximum absolute atomic E-state index is 13.0. The fourth-order valence-corrected chi connectivity index (χ4v) is 3.72. The molecule has 2 rings (SSSR count). The van der Waals surface area contributed by atoms with Crippen LogP contribution in [0.3, 0.4) is 0 Å². The van der Waals surface area contributed by atoms with Crippen LogP contribution in [0.5, 0.6) is 0 Å². The minimum Gasteiger partial charge on any atom is -0.329 e. The van der Waals surface area contributed by atoms with Crippen molar-refractivity contribution in [2.75, 3.05) is 19.9 Å². The van der Waals surface area contributed by atoms with E-state index in [0.717, 1.165) is 0 Å². The highest BCUT2D eigenvalue weighted by Crippen LogP contribution is 2.50. The average molecular weight is 270 g/mol. The van der Waals surface area contributed by atoms with E-state index in [2.05, 4.69) is 0 Å². The Labute approximate surface area is 99.9 Å². The van der Waals surface area contributed by atoms with Gasteiger partial charge in [-0.2, -0.15) is 0 Å². The molecule has 1 aliphatic carbocycles. The smallest absolute Gasteiger partial charge is 0.248 e. The van der Waals surface area contributed by atoms with Gasteiger partial charge in [0.15, 0.2) is 6.49 Å². The van der Waals surface area contributed by atoms with Crippen molar-refractivity contribution in [1.82, 2.24) is 0 Å². The third kappa shape index (κ3) is 3.22. The summed E-state index contributed by atoms with van der Waals surface area (Å²) in [5, 5.41) is 0. The van der Waals surface area contributed by atoms with Crippen molar-refractivity contribution in [2.24, 2.45) is 11.8 Å². The van der Waals surface area contributed by atoms with Crippen molar-refractivity contribution in [2.45, 2.75) is 31.6 Å². The zero-order valence-corrected chi connectivity index (χ0v) is 11.0. The van der Waals surface area contributed by atoms with Gasteiger partial charge < -0.3 is 9.05 Å². The van der Waals surface area contributed by atoms with Gasteiger partial charge in [0.2, 0.25) is 5.92 Å². The molecular formula is C10H17F2O2PS. The molecule has 0 aromatic heterocycles. The Bertz CT molecular complexity index is 289. The zero-order chi connectivity index (χ0) is 11.8. The number of hydrogen-bond donors (Lipinski definition) is 0. The summed E-state index contributed by atoms with van der Waals surface area (Å²) < 4.78 is 37.0. The van der Waals surface area contributed by atoms with Crippen molar-refractivity contribution in [3.8, 4) is 0 Å². The fraction of sp³-hybridized carbons (Fsp3) is 1.00. The highest BCUT2D eigenvalue weighted by Gasteiger charge is 2.39. The second-order valence-electron chi connectivity index (χ2n) is 4.82. The number of halogens is 2. The van der Waals surface area contributed by atoms with Gasteiger partial charge in [-0.1, -0.05) is 0 Å². The first-order valence-electron chi connectivity index (χ1n) is 5.62. The summed E-state index contributed by atoms with van der Waals surface area (Å²) in [4.78, 5) is 0. The molecule has 0 aromatic rings. The lowest BCUT2D eigenvalue weighted by Crippen LogP contribution is -2.34. The maximum atomic E-state index is 13.0. The van der Waals surface area contributed by atoms with Gasteiger partial charge in [0.05, 0.1) is 13.2 Å². The first kappa shape index (κ1) is 12.9. The Morgan fingerprint density at radius 2 is 1.62 bits per heavy atom. The summed E-state index contributed by atoms with van der Waals surface area (Å²) in [6.45, 7) is 0.972. The van der Waals surface area contributed by atoms with E-state index >= 15 is 0 Å². The van der Waals surface area contributed by atoms with E-state index in [0.29, 0.717) is 32.0 Å². The molecule has 0 amide bonds. The summed E-state index contributed by atoms with van der Waals surface area (Å²) in [5.41, 5.74) is 0. The molecule has 1 aliphatic heterocycles. The third-order valence-electron chi connectivity index (χ3n) is 3.47. The van der Waals surface area contributed by atoms with Gasteiger partial charge in [-0.05, 0) is 30.6 Å². The molecule has 2 aliphatic rings. The molecule has 0 radical (unpaired) electrons. The van der Waals surface area contributed by atoms with Gasteiger partial charge in [-0.25, -0.2) is 8.78 Å². The second kappa shape index (κ2) is 4.60. The minimum absolute atomic E-state index is 0.00839. The predicted molar refractivity (Wildman–Crippen MR) is 62.5 cm³/mol. The van der Waals surface area contributed by atoms with E-state index in [1.165, 1.54) is 0 Å². The van der Waals surface area contributed by atoms with Gasteiger partial charge in [0, 0.05) is 25.4 Å². The van der Waals surface area contributed by atoms with Crippen LogP contribution in [0, 0.1) is 11.8 Å². The molecule has 0 aromatic carbocycles. The van der Waals surface area contributed by atoms with Crippen LogP contribution >= 0.6 is 6.49 Å². The third-order valence-corrected chi connectivity index (χ3v) is 5.34. The van der Waals surface area contributed by atoms with Crippen LogP contribution in [0.4, 0.5) is 8.78 Å². The standard InChI is InChI=1S/C10H17F2O2PS/c1-15(16)13-6-9(7-14-15)8-2-4-10(11,12)5-3-8/h8-9H,2-7H2,1H3. The van der Waals surface area contributed by atoms with Crippen molar-refractivity contribution >= 4 is 18.3 Å². The molecule has 2 nitrogen and oxygen atoms in total. The molecule has 0 bridgehead atoms. The molecule has 2 fully saturated rings. The van der Waals surface area contributed by atoms with Crippen molar-refractivity contribution in [1.29, 1.82) is 0 Å².